The van der Waals surface area contributed by atoms with Gasteiger partial charge in [-0.05, 0) is 19.4 Å². The average Bonchev–Trinajstić information content (AvgIpc) is 2.22. The van der Waals surface area contributed by atoms with Crippen LogP contribution in [0.3, 0.4) is 0 Å². The molecule has 0 fully saturated rings. The molecule has 0 bridgehead atoms. The number of rotatable bonds is 4. The summed E-state index contributed by atoms with van der Waals surface area (Å²) in [7, 11) is 0. The SMILES string of the molecule is CCC(c1cc(Cl)c(Cl)cc1[N+](=O)[O-])C(C)Cl. The second-order valence-electron chi connectivity index (χ2n) is 3.77. The van der Waals surface area contributed by atoms with Gasteiger partial charge >= 0.3 is 0 Å². The van der Waals surface area contributed by atoms with E-state index in [-0.39, 0.29) is 22.0 Å². The Kier molecular flexibility index (Phi) is 5.04. The lowest BCUT2D eigenvalue weighted by atomic mass is 9.92. The molecule has 0 aliphatic heterocycles. The highest BCUT2D eigenvalue weighted by atomic mass is 35.5. The van der Waals surface area contributed by atoms with E-state index in [2.05, 4.69) is 0 Å². The maximum atomic E-state index is 11.0. The molecule has 0 saturated carbocycles. The summed E-state index contributed by atoms with van der Waals surface area (Å²) in [6, 6.07) is 2.82. The van der Waals surface area contributed by atoms with E-state index in [4.69, 9.17) is 34.8 Å². The average molecular weight is 297 g/mol. The summed E-state index contributed by atoms with van der Waals surface area (Å²) in [5.74, 6) is -0.119. The summed E-state index contributed by atoms with van der Waals surface area (Å²) < 4.78 is 0. The van der Waals surface area contributed by atoms with Crippen molar-refractivity contribution in [3.8, 4) is 0 Å². The standard InChI is InChI=1S/C11H12Cl3NO2/c1-3-7(6(2)12)8-4-9(13)10(14)5-11(8)15(16)17/h4-7H,3H2,1-2H3. The highest BCUT2D eigenvalue weighted by Gasteiger charge is 2.26. The Bertz CT molecular complexity index is 435. The second-order valence-corrected chi connectivity index (χ2v) is 5.28. The van der Waals surface area contributed by atoms with Crippen LogP contribution in [0.25, 0.3) is 0 Å². The lowest BCUT2D eigenvalue weighted by molar-refractivity contribution is -0.385. The van der Waals surface area contributed by atoms with E-state index in [0.29, 0.717) is 17.0 Å². The van der Waals surface area contributed by atoms with E-state index >= 15 is 0 Å². The zero-order chi connectivity index (χ0) is 13.2. The van der Waals surface area contributed by atoms with Crippen LogP contribution in [-0.4, -0.2) is 10.3 Å². The Morgan fingerprint density at radius 3 is 2.29 bits per heavy atom. The van der Waals surface area contributed by atoms with E-state index in [9.17, 15) is 10.1 Å². The molecule has 1 aromatic carbocycles. The molecule has 0 aromatic heterocycles. The van der Waals surface area contributed by atoms with Crippen LogP contribution in [0, 0.1) is 10.1 Å². The van der Waals surface area contributed by atoms with Crippen molar-refractivity contribution in [2.24, 2.45) is 0 Å². The van der Waals surface area contributed by atoms with Crippen LogP contribution in [-0.2, 0) is 0 Å². The summed E-state index contributed by atoms with van der Waals surface area (Å²) in [6.45, 7) is 3.73. The van der Waals surface area contributed by atoms with Crippen molar-refractivity contribution in [2.75, 3.05) is 0 Å². The summed E-state index contributed by atoms with van der Waals surface area (Å²) in [6.07, 6.45) is 0.698. The number of nitrogens with zero attached hydrogens (tertiary/aromatic N) is 1. The van der Waals surface area contributed by atoms with Gasteiger partial charge in [0.2, 0.25) is 0 Å². The Labute approximate surface area is 115 Å². The first-order valence-electron chi connectivity index (χ1n) is 5.15. The van der Waals surface area contributed by atoms with E-state index in [1.807, 2.05) is 13.8 Å². The fraction of sp³-hybridized carbons (Fsp3) is 0.455. The Morgan fingerprint density at radius 2 is 1.88 bits per heavy atom. The van der Waals surface area contributed by atoms with Crippen LogP contribution in [0.5, 0.6) is 0 Å². The van der Waals surface area contributed by atoms with Crippen LogP contribution in [0.4, 0.5) is 5.69 Å². The molecule has 2 unspecified atom stereocenters. The minimum Gasteiger partial charge on any atom is -0.258 e. The third-order valence-electron chi connectivity index (χ3n) is 2.66. The number of halogens is 3. The van der Waals surface area contributed by atoms with Crippen LogP contribution in [0.2, 0.25) is 10.0 Å². The highest BCUT2D eigenvalue weighted by molar-refractivity contribution is 6.42. The molecule has 0 saturated heterocycles. The number of nitro groups is 1. The van der Waals surface area contributed by atoms with Gasteiger partial charge in [-0.3, -0.25) is 10.1 Å². The van der Waals surface area contributed by atoms with Gasteiger partial charge in [-0.25, -0.2) is 0 Å². The largest absolute Gasteiger partial charge is 0.274 e. The summed E-state index contributed by atoms with van der Waals surface area (Å²) >= 11 is 17.7. The molecular formula is C11H12Cl3NO2. The molecule has 2 atom stereocenters. The van der Waals surface area contributed by atoms with Gasteiger partial charge in [0, 0.05) is 22.9 Å². The van der Waals surface area contributed by atoms with Gasteiger partial charge in [-0.2, -0.15) is 0 Å². The molecule has 0 N–H and O–H groups in total. The normalized spacial score (nSPS) is 14.4. The first-order valence-corrected chi connectivity index (χ1v) is 6.35. The van der Waals surface area contributed by atoms with Crippen molar-refractivity contribution in [2.45, 2.75) is 31.6 Å². The molecule has 17 heavy (non-hydrogen) atoms. The van der Waals surface area contributed by atoms with Crippen molar-refractivity contribution >= 4 is 40.5 Å². The van der Waals surface area contributed by atoms with E-state index in [0.717, 1.165) is 0 Å². The molecular weight excluding hydrogens is 284 g/mol. The van der Waals surface area contributed by atoms with Crippen LogP contribution >= 0.6 is 34.8 Å². The molecule has 0 heterocycles. The predicted molar refractivity (Wildman–Crippen MR) is 71.5 cm³/mol. The topological polar surface area (TPSA) is 43.1 Å². The van der Waals surface area contributed by atoms with Crippen molar-refractivity contribution in [1.29, 1.82) is 0 Å². The molecule has 0 spiro atoms. The Hall–Kier alpha value is -0.510. The van der Waals surface area contributed by atoms with Crippen molar-refractivity contribution in [3.05, 3.63) is 37.9 Å². The molecule has 1 aromatic rings. The molecule has 94 valence electrons. The van der Waals surface area contributed by atoms with Gasteiger partial charge in [0.05, 0.1) is 15.0 Å². The van der Waals surface area contributed by atoms with Crippen LogP contribution < -0.4 is 0 Å². The molecule has 3 nitrogen and oxygen atoms in total. The summed E-state index contributed by atoms with van der Waals surface area (Å²) in [4.78, 5) is 10.5. The minimum absolute atomic E-state index is 0.0289. The fourth-order valence-corrected chi connectivity index (χ4v) is 2.44. The molecule has 0 amide bonds. The smallest absolute Gasteiger partial charge is 0.258 e. The molecule has 1 rings (SSSR count). The Balaban J connectivity index is 3.39. The molecule has 6 heteroatoms. The van der Waals surface area contributed by atoms with Gasteiger partial charge in [0.1, 0.15) is 0 Å². The lowest BCUT2D eigenvalue weighted by Gasteiger charge is -2.18. The zero-order valence-electron chi connectivity index (χ0n) is 9.41. The predicted octanol–water partition coefficient (Wildman–Crippen LogP) is 5.02. The number of benzene rings is 1. The van der Waals surface area contributed by atoms with Gasteiger partial charge in [-0.1, -0.05) is 30.1 Å². The first-order chi connectivity index (χ1) is 7.88. The number of hydrogen-bond acceptors (Lipinski definition) is 2. The number of hydrogen-bond donors (Lipinski definition) is 0. The zero-order valence-corrected chi connectivity index (χ0v) is 11.7. The lowest BCUT2D eigenvalue weighted by Crippen LogP contribution is -2.10. The second kappa shape index (κ2) is 5.89. The third-order valence-corrected chi connectivity index (χ3v) is 3.69. The molecule has 0 aliphatic carbocycles. The minimum atomic E-state index is -0.459. The first kappa shape index (κ1) is 14.6. The molecule has 0 radical (unpaired) electrons. The van der Waals surface area contributed by atoms with Gasteiger partial charge in [0.15, 0.2) is 0 Å². The monoisotopic (exact) mass is 295 g/mol. The van der Waals surface area contributed by atoms with Gasteiger partial charge in [0.25, 0.3) is 5.69 Å². The number of nitro benzene ring substituents is 1. The highest BCUT2D eigenvalue weighted by Crippen LogP contribution is 2.38. The summed E-state index contributed by atoms with van der Waals surface area (Å²) in [5.41, 5.74) is 0.508. The van der Waals surface area contributed by atoms with Crippen LogP contribution in [0.15, 0.2) is 12.1 Å². The Morgan fingerprint density at radius 1 is 1.35 bits per heavy atom. The van der Waals surface area contributed by atoms with E-state index < -0.39 is 4.92 Å². The van der Waals surface area contributed by atoms with Crippen molar-refractivity contribution in [3.63, 3.8) is 0 Å². The fourth-order valence-electron chi connectivity index (χ4n) is 1.80. The van der Waals surface area contributed by atoms with Crippen molar-refractivity contribution < 1.29 is 4.92 Å². The van der Waals surface area contributed by atoms with Gasteiger partial charge in [-0.15, -0.1) is 11.6 Å². The third kappa shape index (κ3) is 3.24. The van der Waals surface area contributed by atoms with E-state index in [1.54, 1.807) is 0 Å². The van der Waals surface area contributed by atoms with Crippen LogP contribution in [0.1, 0.15) is 31.7 Å². The number of alkyl halides is 1. The van der Waals surface area contributed by atoms with Crippen molar-refractivity contribution in [1.82, 2.24) is 0 Å². The van der Waals surface area contributed by atoms with E-state index in [1.165, 1.54) is 12.1 Å². The summed E-state index contributed by atoms with van der Waals surface area (Å²) in [5, 5.41) is 11.3. The maximum Gasteiger partial charge on any atom is 0.274 e. The molecule has 0 aliphatic rings. The van der Waals surface area contributed by atoms with Gasteiger partial charge < -0.3 is 0 Å². The quantitative estimate of drug-likeness (QED) is 0.444. The maximum absolute atomic E-state index is 11.0.